The summed E-state index contributed by atoms with van der Waals surface area (Å²) in [5, 5.41) is 19.5. The quantitative estimate of drug-likeness (QED) is 0.315. The molecule has 43 heavy (non-hydrogen) atoms. The van der Waals surface area contributed by atoms with E-state index in [1.165, 1.54) is 27.8 Å². The Morgan fingerprint density at radius 2 is 1.53 bits per heavy atom. The van der Waals surface area contributed by atoms with Crippen molar-refractivity contribution >= 4 is 5.57 Å². The molecule has 3 aromatic carbocycles. The van der Waals surface area contributed by atoms with Gasteiger partial charge in [-0.05, 0) is 95.8 Å². The van der Waals surface area contributed by atoms with E-state index in [0.717, 1.165) is 23.7 Å². The van der Waals surface area contributed by atoms with Crippen LogP contribution >= 0.6 is 0 Å². The summed E-state index contributed by atoms with van der Waals surface area (Å²) < 4.78 is 12.3. The zero-order valence-electron chi connectivity index (χ0n) is 23.6. The lowest BCUT2D eigenvalue weighted by Crippen LogP contribution is -2.39. The molecule has 2 N–H and O–H groups in total. The number of fused-ring (bicyclic) bond motifs is 3. The van der Waals surface area contributed by atoms with Gasteiger partial charge in [-0.3, -0.25) is 0 Å². The van der Waals surface area contributed by atoms with Gasteiger partial charge in [0.2, 0.25) is 0 Å². The first-order valence-corrected chi connectivity index (χ1v) is 14.7. The molecule has 212 valence electrons. The van der Waals surface area contributed by atoms with Crippen LogP contribution in [0, 0.1) is 5.92 Å². The van der Waals surface area contributed by atoms with Crippen LogP contribution < -0.4 is 4.74 Å². The van der Waals surface area contributed by atoms with Crippen molar-refractivity contribution in [3.05, 3.63) is 179 Å². The van der Waals surface area contributed by atoms with Crippen molar-refractivity contribution in [1.82, 2.24) is 0 Å². The number of allylic oxidation sites excluding steroid dienone is 12. The third kappa shape index (κ3) is 5.11. The second-order valence-corrected chi connectivity index (χ2v) is 11.1. The Labute approximate surface area is 251 Å². The molecule has 0 saturated carbocycles. The summed E-state index contributed by atoms with van der Waals surface area (Å²) in [5.41, 5.74) is 5.70. The molecule has 0 fully saturated rings. The van der Waals surface area contributed by atoms with E-state index in [1.807, 2.05) is 30.4 Å². The van der Waals surface area contributed by atoms with Crippen molar-refractivity contribution in [1.29, 1.82) is 0 Å². The Bertz CT molecular complexity index is 1780. The zero-order chi connectivity index (χ0) is 29.2. The Morgan fingerprint density at radius 3 is 2.33 bits per heavy atom. The molecule has 0 heterocycles. The van der Waals surface area contributed by atoms with Crippen molar-refractivity contribution in [2.45, 2.75) is 24.4 Å². The van der Waals surface area contributed by atoms with Gasteiger partial charge in [-0.15, -0.1) is 0 Å². The largest absolute Gasteiger partial charge is 0.508 e. The van der Waals surface area contributed by atoms with Crippen LogP contribution in [0.15, 0.2) is 163 Å². The molecule has 0 aliphatic heterocycles. The molecule has 4 aliphatic rings. The maximum absolute atomic E-state index is 9.81. The lowest BCUT2D eigenvalue weighted by molar-refractivity contribution is 0.219. The highest BCUT2D eigenvalue weighted by Gasteiger charge is 2.46. The summed E-state index contributed by atoms with van der Waals surface area (Å²) >= 11 is 0. The van der Waals surface area contributed by atoms with Crippen LogP contribution in [-0.2, 0) is 10.2 Å². The fraction of sp³-hybridized carbons (Fsp3) is 0.128. The number of aliphatic hydroxyl groups is 1. The van der Waals surface area contributed by atoms with Gasteiger partial charge in [0.25, 0.3) is 0 Å². The first kappa shape index (κ1) is 26.8. The topological polar surface area (TPSA) is 58.9 Å². The van der Waals surface area contributed by atoms with Gasteiger partial charge in [-0.25, -0.2) is 0 Å². The van der Waals surface area contributed by atoms with E-state index in [4.69, 9.17) is 9.47 Å². The molecule has 4 aliphatic carbocycles. The van der Waals surface area contributed by atoms with Crippen LogP contribution in [0.4, 0.5) is 0 Å². The van der Waals surface area contributed by atoms with Crippen molar-refractivity contribution in [3.8, 4) is 17.2 Å². The van der Waals surface area contributed by atoms with E-state index < -0.39 is 11.5 Å². The zero-order valence-corrected chi connectivity index (χ0v) is 23.6. The highest BCUT2D eigenvalue weighted by molar-refractivity contribution is 5.83. The minimum Gasteiger partial charge on any atom is -0.508 e. The van der Waals surface area contributed by atoms with Crippen LogP contribution in [0.3, 0.4) is 0 Å². The van der Waals surface area contributed by atoms with E-state index in [9.17, 15) is 10.2 Å². The Morgan fingerprint density at radius 1 is 0.744 bits per heavy atom. The summed E-state index contributed by atoms with van der Waals surface area (Å²) in [7, 11) is 0. The number of rotatable bonds is 6. The Kier molecular flexibility index (Phi) is 7.06. The van der Waals surface area contributed by atoms with Gasteiger partial charge >= 0.3 is 0 Å². The number of benzene rings is 3. The van der Waals surface area contributed by atoms with Crippen LogP contribution in [-0.4, -0.2) is 16.3 Å². The van der Waals surface area contributed by atoms with Crippen molar-refractivity contribution in [3.63, 3.8) is 0 Å². The second-order valence-electron chi connectivity index (χ2n) is 11.1. The monoisotopic (exact) mass is 564 g/mol. The Hall–Kier alpha value is -5.06. The molecule has 2 bridgehead atoms. The smallest absolute Gasteiger partial charge is 0.127 e. The molecule has 3 aromatic rings. The number of phenols is 1. The van der Waals surface area contributed by atoms with Gasteiger partial charge in [-0.2, -0.15) is 0 Å². The maximum atomic E-state index is 9.81. The number of ether oxygens (including phenoxy) is 2. The highest BCUT2D eigenvalue weighted by atomic mass is 16.5. The molecular formula is C39H32O4. The summed E-state index contributed by atoms with van der Waals surface area (Å²) in [6, 6.07) is 23.9. The molecule has 4 nitrogen and oxygen atoms in total. The fourth-order valence-corrected chi connectivity index (χ4v) is 6.48. The molecular weight excluding hydrogens is 532 g/mol. The van der Waals surface area contributed by atoms with Crippen LogP contribution in [0.25, 0.3) is 5.57 Å². The molecule has 0 amide bonds. The van der Waals surface area contributed by atoms with E-state index in [2.05, 4.69) is 85.0 Å². The first-order valence-electron chi connectivity index (χ1n) is 14.7. The van der Waals surface area contributed by atoms with Crippen molar-refractivity contribution in [2.24, 2.45) is 5.92 Å². The van der Waals surface area contributed by atoms with E-state index in [0.29, 0.717) is 12.2 Å². The molecule has 0 radical (unpaired) electrons. The molecule has 4 heteroatoms. The SMILES string of the molecule is Oc1ccc(Oc2ccc(C3(C4=CC=C(OC5=CCC(O)C=C5)C=CC4)c4ccccc4C4=CC3C=CC=C4)cc2)cc1. The third-order valence-corrected chi connectivity index (χ3v) is 8.46. The third-order valence-electron chi connectivity index (χ3n) is 8.46. The van der Waals surface area contributed by atoms with E-state index >= 15 is 0 Å². The summed E-state index contributed by atoms with van der Waals surface area (Å²) in [5.74, 6) is 3.18. The predicted octanol–water partition coefficient (Wildman–Crippen LogP) is 8.60. The molecule has 7 rings (SSSR count). The number of hydrogen-bond acceptors (Lipinski definition) is 4. The summed E-state index contributed by atoms with van der Waals surface area (Å²) in [6.07, 6.45) is 26.0. The van der Waals surface area contributed by atoms with Gasteiger partial charge in [0, 0.05) is 5.92 Å². The van der Waals surface area contributed by atoms with Gasteiger partial charge in [-0.1, -0.05) is 90.6 Å². The van der Waals surface area contributed by atoms with Gasteiger partial charge in [0.15, 0.2) is 0 Å². The molecule has 0 saturated heterocycles. The van der Waals surface area contributed by atoms with Crippen LogP contribution in [0.5, 0.6) is 17.2 Å². The van der Waals surface area contributed by atoms with Gasteiger partial charge < -0.3 is 19.7 Å². The van der Waals surface area contributed by atoms with Crippen molar-refractivity contribution < 1.29 is 19.7 Å². The molecule has 3 unspecified atom stereocenters. The van der Waals surface area contributed by atoms with Gasteiger partial charge in [0.1, 0.15) is 28.8 Å². The minimum atomic E-state index is -0.468. The summed E-state index contributed by atoms with van der Waals surface area (Å²) in [4.78, 5) is 0. The average Bonchev–Trinajstić information content (AvgIpc) is 3.41. The number of aromatic hydroxyl groups is 1. The predicted molar refractivity (Wildman–Crippen MR) is 170 cm³/mol. The second kappa shape index (κ2) is 11.3. The molecule has 0 spiro atoms. The van der Waals surface area contributed by atoms with E-state index in [1.54, 1.807) is 30.3 Å². The maximum Gasteiger partial charge on any atom is 0.127 e. The number of hydrogen-bond donors (Lipinski definition) is 2. The lowest BCUT2D eigenvalue weighted by Gasteiger charge is -2.45. The highest BCUT2D eigenvalue weighted by Crippen LogP contribution is 2.54. The normalized spacial score (nSPS) is 23.7. The fourth-order valence-electron chi connectivity index (χ4n) is 6.48. The Balaban J connectivity index is 1.33. The van der Waals surface area contributed by atoms with Crippen LogP contribution in [0.1, 0.15) is 29.5 Å². The number of aliphatic hydroxyl groups excluding tert-OH is 1. The average molecular weight is 565 g/mol. The summed E-state index contributed by atoms with van der Waals surface area (Å²) in [6.45, 7) is 0. The lowest BCUT2D eigenvalue weighted by atomic mass is 9.57. The standard InChI is InChI=1S/C39H32O4/c40-31-15-22-35(23-16-31)42-33-9-5-8-28(12-19-33)39(29-13-20-34(21-14-29)43-36-24-17-32(41)18-25-36)30-7-2-1-6-27(26-30)37-10-3-4-11-38(37)39/h1-7,9-15,17-26,30-31,40-41H,8,16H2. The van der Waals surface area contributed by atoms with Crippen molar-refractivity contribution in [2.75, 3.05) is 0 Å². The first-order chi connectivity index (χ1) is 21.1. The molecule has 0 aromatic heterocycles. The van der Waals surface area contributed by atoms with Crippen LogP contribution in [0.2, 0.25) is 0 Å². The van der Waals surface area contributed by atoms with Gasteiger partial charge in [0.05, 0.1) is 11.5 Å². The number of phenolic OH excluding ortho intramolecular Hbond substituents is 1. The van der Waals surface area contributed by atoms with E-state index in [-0.39, 0.29) is 11.7 Å². The minimum absolute atomic E-state index is 0.0808. The molecule has 3 atom stereocenters.